The van der Waals surface area contributed by atoms with Crippen LogP contribution in [-0.2, 0) is 0 Å². The van der Waals surface area contributed by atoms with Crippen LogP contribution >= 0.6 is 0 Å². The average Bonchev–Trinajstić information content (AvgIpc) is 3.02. The Morgan fingerprint density at radius 2 is 2.28 bits per heavy atom. The second-order valence-corrected chi connectivity index (χ2v) is 5.39. The summed E-state index contributed by atoms with van der Waals surface area (Å²) in [7, 11) is 0. The molecule has 1 fully saturated rings. The lowest BCUT2D eigenvalue weighted by Crippen LogP contribution is -2.43. The van der Waals surface area contributed by atoms with Gasteiger partial charge in [-0.2, -0.15) is 0 Å². The highest BCUT2D eigenvalue weighted by atomic mass is 16.3. The fourth-order valence-corrected chi connectivity index (χ4v) is 2.66. The summed E-state index contributed by atoms with van der Waals surface area (Å²) in [6.45, 7) is 3.36. The minimum atomic E-state index is -0.574. The zero-order valence-electron chi connectivity index (χ0n) is 11.1. The highest BCUT2D eigenvalue weighted by molar-refractivity contribution is 5.42. The van der Waals surface area contributed by atoms with Crippen LogP contribution in [0.4, 0.5) is 0 Å². The summed E-state index contributed by atoms with van der Waals surface area (Å²) in [6, 6.07) is 3.79. The van der Waals surface area contributed by atoms with Crippen LogP contribution in [0.5, 0.6) is 0 Å². The maximum absolute atomic E-state index is 10.4. The average molecular weight is 249 g/mol. The molecule has 1 saturated carbocycles. The van der Waals surface area contributed by atoms with Crippen molar-refractivity contribution in [3.05, 3.63) is 30.2 Å². The van der Waals surface area contributed by atoms with Crippen LogP contribution in [0.2, 0.25) is 0 Å². The molecule has 3 nitrogen and oxygen atoms in total. The lowest BCUT2D eigenvalue weighted by molar-refractivity contribution is 0.00325. The highest BCUT2D eigenvalue weighted by Crippen LogP contribution is 2.33. The van der Waals surface area contributed by atoms with Crippen molar-refractivity contribution < 1.29 is 9.52 Å². The molecule has 1 unspecified atom stereocenters. The summed E-state index contributed by atoms with van der Waals surface area (Å²) in [5.41, 5.74) is -0.574. The van der Waals surface area contributed by atoms with Crippen LogP contribution in [0.3, 0.4) is 0 Å². The molecule has 18 heavy (non-hydrogen) atoms. The van der Waals surface area contributed by atoms with Crippen molar-refractivity contribution in [2.24, 2.45) is 5.92 Å². The minimum Gasteiger partial charge on any atom is -0.465 e. The van der Waals surface area contributed by atoms with Crippen LogP contribution in [0.1, 0.15) is 38.4 Å². The number of rotatable bonds is 6. The monoisotopic (exact) mass is 249 g/mol. The van der Waals surface area contributed by atoms with Gasteiger partial charge in [0, 0.05) is 13.1 Å². The zero-order chi connectivity index (χ0) is 12.8. The number of nitrogens with one attached hydrogen (secondary N) is 1. The molecule has 0 saturated heterocycles. The lowest BCUT2D eigenvalue weighted by atomic mass is 9.88. The molecular formula is C15H23NO2. The van der Waals surface area contributed by atoms with Crippen LogP contribution < -0.4 is 5.32 Å². The SMILES string of the molecule is CC(O)(CNCC=Cc1ccco1)C1CCCC1. The van der Waals surface area contributed by atoms with Gasteiger partial charge in [0.25, 0.3) is 0 Å². The van der Waals surface area contributed by atoms with Crippen molar-refractivity contribution in [2.75, 3.05) is 13.1 Å². The molecular weight excluding hydrogens is 226 g/mol. The van der Waals surface area contributed by atoms with Gasteiger partial charge in [-0.05, 0) is 43.9 Å². The third-order valence-electron chi connectivity index (χ3n) is 3.81. The fraction of sp³-hybridized carbons (Fsp3) is 0.600. The molecule has 1 heterocycles. The molecule has 0 spiro atoms. The Kier molecular flexibility index (Phi) is 4.61. The third kappa shape index (κ3) is 3.72. The van der Waals surface area contributed by atoms with E-state index in [1.54, 1.807) is 6.26 Å². The highest BCUT2D eigenvalue weighted by Gasteiger charge is 2.33. The molecule has 1 aliphatic carbocycles. The normalized spacial score (nSPS) is 20.6. The van der Waals surface area contributed by atoms with Gasteiger partial charge in [-0.15, -0.1) is 0 Å². The van der Waals surface area contributed by atoms with Gasteiger partial charge in [0.15, 0.2) is 0 Å². The van der Waals surface area contributed by atoms with Crippen LogP contribution in [0.15, 0.2) is 28.9 Å². The third-order valence-corrected chi connectivity index (χ3v) is 3.81. The molecule has 2 N–H and O–H groups in total. The second kappa shape index (κ2) is 6.21. The molecule has 0 amide bonds. The van der Waals surface area contributed by atoms with E-state index in [0.29, 0.717) is 12.5 Å². The van der Waals surface area contributed by atoms with E-state index >= 15 is 0 Å². The fourth-order valence-electron chi connectivity index (χ4n) is 2.66. The van der Waals surface area contributed by atoms with Gasteiger partial charge in [-0.25, -0.2) is 0 Å². The predicted octanol–water partition coefficient (Wildman–Crippen LogP) is 2.82. The summed E-state index contributed by atoms with van der Waals surface area (Å²) in [5, 5.41) is 13.7. The molecule has 1 aliphatic rings. The van der Waals surface area contributed by atoms with Crippen molar-refractivity contribution in [1.29, 1.82) is 0 Å². The van der Waals surface area contributed by atoms with Crippen molar-refractivity contribution >= 4 is 6.08 Å². The smallest absolute Gasteiger partial charge is 0.126 e. The Balaban J connectivity index is 1.68. The van der Waals surface area contributed by atoms with Gasteiger partial charge in [0.2, 0.25) is 0 Å². The Hall–Kier alpha value is -1.06. The van der Waals surface area contributed by atoms with E-state index in [9.17, 15) is 5.11 Å². The topological polar surface area (TPSA) is 45.4 Å². The minimum absolute atomic E-state index is 0.457. The van der Waals surface area contributed by atoms with Crippen molar-refractivity contribution in [3.63, 3.8) is 0 Å². The number of aliphatic hydroxyl groups is 1. The molecule has 3 heteroatoms. The first kappa shape index (κ1) is 13.4. The van der Waals surface area contributed by atoms with Crippen molar-refractivity contribution in [3.8, 4) is 0 Å². The van der Waals surface area contributed by atoms with E-state index in [0.717, 1.165) is 25.1 Å². The maximum Gasteiger partial charge on any atom is 0.126 e. The summed E-state index contributed by atoms with van der Waals surface area (Å²) < 4.78 is 5.20. The first-order valence-electron chi connectivity index (χ1n) is 6.81. The number of hydrogen-bond donors (Lipinski definition) is 2. The molecule has 0 aromatic carbocycles. The van der Waals surface area contributed by atoms with Crippen LogP contribution in [0, 0.1) is 5.92 Å². The van der Waals surface area contributed by atoms with E-state index in [1.807, 2.05) is 31.2 Å². The van der Waals surface area contributed by atoms with Gasteiger partial charge in [0.1, 0.15) is 5.76 Å². The standard InChI is InChI=1S/C15H23NO2/c1-15(17,13-6-2-3-7-13)12-16-10-4-8-14-9-5-11-18-14/h4-5,8-9,11,13,16-17H,2-3,6-7,10,12H2,1H3. The van der Waals surface area contributed by atoms with E-state index in [-0.39, 0.29) is 0 Å². The predicted molar refractivity (Wildman–Crippen MR) is 73.2 cm³/mol. The van der Waals surface area contributed by atoms with Crippen molar-refractivity contribution in [2.45, 2.75) is 38.2 Å². The van der Waals surface area contributed by atoms with Gasteiger partial charge < -0.3 is 14.8 Å². The molecule has 1 aromatic heterocycles. The van der Waals surface area contributed by atoms with Crippen LogP contribution in [0.25, 0.3) is 6.08 Å². The first-order chi connectivity index (χ1) is 8.68. The largest absolute Gasteiger partial charge is 0.465 e. The second-order valence-electron chi connectivity index (χ2n) is 5.39. The van der Waals surface area contributed by atoms with Crippen molar-refractivity contribution in [1.82, 2.24) is 5.32 Å². The molecule has 2 rings (SSSR count). The van der Waals surface area contributed by atoms with Crippen LogP contribution in [-0.4, -0.2) is 23.8 Å². The van der Waals surface area contributed by atoms with E-state index in [1.165, 1.54) is 12.8 Å². The quantitative estimate of drug-likeness (QED) is 0.762. The van der Waals surface area contributed by atoms with Gasteiger partial charge in [0.05, 0.1) is 11.9 Å². The molecule has 100 valence electrons. The summed E-state index contributed by atoms with van der Waals surface area (Å²) in [6.07, 6.45) is 10.5. The number of hydrogen-bond acceptors (Lipinski definition) is 3. The zero-order valence-corrected chi connectivity index (χ0v) is 11.1. The Bertz CT molecular complexity index is 362. The number of furan rings is 1. The van der Waals surface area contributed by atoms with Gasteiger partial charge in [-0.1, -0.05) is 18.9 Å². The Morgan fingerprint density at radius 3 is 2.94 bits per heavy atom. The maximum atomic E-state index is 10.4. The van der Waals surface area contributed by atoms with Gasteiger partial charge in [-0.3, -0.25) is 0 Å². The van der Waals surface area contributed by atoms with E-state index in [2.05, 4.69) is 5.32 Å². The molecule has 0 bridgehead atoms. The molecule has 1 aromatic rings. The summed E-state index contributed by atoms with van der Waals surface area (Å²) in [5.74, 6) is 1.32. The lowest BCUT2D eigenvalue weighted by Gasteiger charge is -2.30. The summed E-state index contributed by atoms with van der Waals surface area (Å²) in [4.78, 5) is 0. The molecule has 0 aliphatic heterocycles. The molecule has 1 atom stereocenters. The van der Waals surface area contributed by atoms with E-state index in [4.69, 9.17) is 4.42 Å². The summed E-state index contributed by atoms with van der Waals surface area (Å²) >= 11 is 0. The van der Waals surface area contributed by atoms with Gasteiger partial charge >= 0.3 is 0 Å². The molecule has 0 radical (unpaired) electrons. The Morgan fingerprint density at radius 1 is 1.50 bits per heavy atom. The first-order valence-corrected chi connectivity index (χ1v) is 6.81. The Labute approximate surface area is 109 Å². The van der Waals surface area contributed by atoms with E-state index < -0.39 is 5.60 Å².